The first-order valence-corrected chi connectivity index (χ1v) is 15.5. The fraction of sp³-hybridized carbons (Fsp3) is 0. The molecule has 44 heavy (non-hydrogen) atoms. The van der Waals surface area contributed by atoms with Crippen molar-refractivity contribution >= 4 is 85.9 Å². The maximum absolute atomic E-state index is 5.43. The first-order chi connectivity index (χ1) is 21.8. The molecule has 10 rings (SSSR count). The van der Waals surface area contributed by atoms with Crippen LogP contribution >= 0.6 is 11.3 Å². The number of rotatable bonds is 2. The fourth-order valence-corrected chi connectivity index (χ4v) is 8.25. The minimum absolute atomic E-state index is 0.647. The third kappa shape index (κ3) is 3.19. The molecule has 0 N–H and O–H groups in total. The molecular weight excluding hydrogens is 557 g/mol. The van der Waals surface area contributed by atoms with Crippen molar-refractivity contribution in [3.05, 3.63) is 134 Å². The molecule has 6 aromatic carbocycles. The maximum atomic E-state index is 5.43. The van der Waals surface area contributed by atoms with Crippen LogP contribution in [0.3, 0.4) is 0 Å². The van der Waals surface area contributed by atoms with Gasteiger partial charge in [0.25, 0.3) is 0 Å². The quantitative estimate of drug-likeness (QED) is 0.205. The molecule has 4 heterocycles. The van der Waals surface area contributed by atoms with E-state index < -0.39 is 0 Å². The molecular formula is C39H22N4S. The van der Waals surface area contributed by atoms with Crippen LogP contribution in [0.1, 0.15) is 0 Å². The lowest BCUT2D eigenvalue weighted by atomic mass is 9.99. The molecule has 0 fully saturated rings. The SMILES string of the molecule is c1ccc2c(-c3nc(-n4c5cccnc5c5c6ccccc6c6c7ccccc7sc6c54)nc4ccccc34)cccc2c1. The third-order valence-corrected chi connectivity index (χ3v) is 10.0. The highest BCUT2D eigenvalue weighted by Gasteiger charge is 2.24. The van der Waals surface area contributed by atoms with Crippen LogP contribution in [0.15, 0.2) is 134 Å². The van der Waals surface area contributed by atoms with Gasteiger partial charge in [0.05, 0.1) is 32.5 Å². The average Bonchev–Trinajstić information content (AvgIpc) is 3.65. The van der Waals surface area contributed by atoms with Crippen molar-refractivity contribution in [3.63, 3.8) is 0 Å². The second-order valence-electron chi connectivity index (χ2n) is 11.2. The second-order valence-corrected chi connectivity index (χ2v) is 12.2. The summed E-state index contributed by atoms with van der Waals surface area (Å²) in [4.78, 5) is 15.7. The summed E-state index contributed by atoms with van der Waals surface area (Å²) in [6.45, 7) is 0. The van der Waals surface area contributed by atoms with E-state index in [2.05, 4.69) is 126 Å². The van der Waals surface area contributed by atoms with Gasteiger partial charge in [-0.2, -0.15) is 0 Å². The molecule has 0 unspecified atom stereocenters. The molecule has 4 aromatic heterocycles. The third-order valence-electron chi connectivity index (χ3n) is 8.84. The van der Waals surface area contributed by atoms with Gasteiger partial charge in [-0.3, -0.25) is 9.55 Å². The zero-order valence-corrected chi connectivity index (χ0v) is 24.2. The number of aromatic nitrogens is 4. The lowest BCUT2D eigenvalue weighted by molar-refractivity contribution is 1.02. The van der Waals surface area contributed by atoms with Gasteiger partial charge in [-0.15, -0.1) is 11.3 Å². The molecule has 5 heteroatoms. The summed E-state index contributed by atoms with van der Waals surface area (Å²) >= 11 is 1.83. The Morgan fingerprint density at radius 1 is 0.545 bits per heavy atom. The summed E-state index contributed by atoms with van der Waals surface area (Å²) in [6, 6.07) is 44.9. The van der Waals surface area contributed by atoms with Crippen LogP contribution < -0.4 is 0 Å². The number of para-hydroxylation sites is 1. The van der Waals surface area contributed by atoms with E-state index >= 15 is 0 Å². The zero-order valence-electron chi connectivity index (χ0n) is 23.4. The molecule has 0 aliphatic heterocycles. The Kier molecular flexibility index (Phi) is 4.84. The number of hydrogen-bond acceptors (Lipinski definition) is 4. The molecule has 0 amide bonds. The van der Waals surface area contributed by atoms with Crippen molar-refractivity contribution < 1.29 is 0 Å². The van der Waals surface area contributed by atoms with Crippen molar-refractivity contribution in [1.29, 1.82) is 0 Å². The number of nitrogens with zero attached hydrogens (tertiary/aromatic N) is 4. The van der Waals surface area contributed by atoms with Gasteiger partial charge in [0.15, 0.2) is 0 Å². The van der Waals surface area contributed by atoms with Crippen molar-refractivity contribution in [3.8, 4) is 17.2 Å². The van der Waals surface area contributed by atoms with Crippen molar-refractivity contribution in [2.75, 3.05) is 0 Å². The van der Waals surface area contributed by atoms with Crippen LogP contribution in [0.25, 0.3) is 91.8 Å². The number of fused-ring (bicyclic) bond motifs is 12. The molecule has 0 saturated carbocycles. The van der Waals surface area contributed by atoms with Crippen LogP contribution in [0.4, 0.5) is 0 Å². The Morgan fingerprint density at radius 3 is 2.14 bits per heavy atom. The highest BCUT2D eigenvalue weighted by Crippen LogP contribution is 2.47. The topological polar surface area (TPSA) is 43.6 Å². The molecule has 0 atom stereocenters. The van der Waals surface area contributed by atoms with Gasteiger partial charge in [-0.05, 0) is 45.8 Å². The van der Waals surface area contributed by atoms with E-state index in [9.17, 15) is 0 Å². The predicted molar refractivity (Wildman–Crippen MR) is 185 cm³/mol. The Morgan fingerprint density at radius 2 is 1.25 bits per heavy atom. The van der Waals surface area contributed by atoms with Crippen molar-refractivity contribution in [2.24, 2.45) is 0 Å². The largest absolute Gasteiger partial charge is 0.275 e. The van der Waals surface area contributed by atoms with Gasteiger partial charge in [0, 0.05) is 38.0 Å². The Balaban J connectivity index is 1.43. The minimum atomic E-state index is 0.647. The molecule has 0 aliphatic carbocycles. The van der Waals surface area contributed by atoms with E-state index in [0.29, 0.717) is 5.95 Å². The van der Waals surface area contributed by atoms with Gasteiger partial charge < -0.3 is 0 Å². The number of hydrogen-bond donors (Lipinski definition) is 0. The summed E-state index contributed by atoms with van der Waals surface area (Å²) in [5.74, 6) is 0.647. The van der Waals surface area contributed by atoms with Gasteiger partial charge >= 0.3 is 0 Å². The molecule has 4 nitrogen and oxygen atoms in total. The molecule has 204 valence electrons. The van der Waals surface area contributed by atoms with Gasteiger partial charge in [0.1, 0.15) is 0 Å². The molecule has 0 aliphatic rings. The standard InChI is InChI=1S/C39H22N4S/c1-2-13-24-23(11-1)12-9-18-27(24)35-28-16-5-7-19-30(28)41-39(42-35)43-31-20-10-22-40-36(31)34-26-15-4-3-14-25(26)33-29-17-6-8-21-32(29)44-38(33)37(34)43/h1-22H. The van der Waals surface area contributed by atoms with E-state index in [0.717, 1.165) is 44.1 Å². The van der Waals surface area contributed by atoms with Crippen LogP contribution in [-0.2, 0) is 0 Å². The Bertz CT molecular complexity index is 2780. The Labute approximate surface area is 255 Å². The number of benzene rings is 6. The maximum Gasteiger partial charge on any atom is 0.235 e. The summed E-state index contributed by atoms with van der Waals surface area (Å²) in [7, 11) is 0. The summed E-state index contributed by atoms with van der Waals surface area (Å²) in [5.41, 5.74) is 5.99. The van der Waals surface area contributed by atoms with Gasteiger partial charge in [-0.1, -0.05) is 103 Å². The van der Waals surface area contributed by atoms with Gasteiger partial charge in [-0.25, -0.2) is 9.97 Å². The van der Waals surface area contributed by atoms with Crippen molar-refractivity contribution in [1.82, 2.24) is 19.5 Å². The van der Waals surface area contributed by atoms with Gasteiger partial charge in [0.2, 0.25) is 5.95 Å². The van der Waals surface area contributed by atoms with E-state index in [4.69, 9.17) is 15.0 Å². The molecule has 0 radical (unpaired) electrons. The zero-order chi connectivity index (χ0) is 28.8. The van der Waals surface area contributed by atoms with Crippen LogP contribution in [0.2, 0.25) is 0 Å². The van der Waals surface area contributed by atoms with Crippen molar-refractivity contribution in [2.45, 2.75) is 0 Å². The smallest absolute Gasteiger partial charge is 0.235 e. The molecule has 0 spiro atoms. The average molecular weight is 579 g/mol. The predicted octanol–water partition coefficient (Wildman–Crippen LogP) is 10.5. The van der Waals surface area contributed by atoms with E-state index in [1.165, 1.54) is 41.7 Å². The second kappa shape index (κ2) is 8.93. The highest BCUT2D eigenvalue weighted by atomic mass is 32.1. The van der Waals surface area contributed by atoms with Crippen LogP contribution in [0.5, 0.6) is 0 Å². The lowest BCUT2D eigenvalue weighted by Crippen LogP contribution is -2.03. The summed E-state index contributed by atoms with van der Waals surface area (Å²) in [6.07, 6.45) is 1.89. The fourth-order valence-electron chi connectivity index (χ4n) is 6.99. The van der Waals surface area contributed by atoms with E-state index in [1.807, 2.05) is 23.6 Å². The monoisotopic (exact) mass is 578 g/mol. The van der Waals surface area contributed by atoms with E-state index in [1.54, 1.807) is 0 Å². The van der Waals surface area contributed by atoms with Crippen LogP contribution in [-0.4, -0.2) is 19.5 Å². The number of pyridine rings is 1. The molecule has 0 saturated heterocycles. The minimum Gasteiger partial charge on any atom is -0.275 e. The van der Waals surface area contributed by atoms with Crippen LogP contribution in [0, 0.1) is 0 Å². The first-order valence-electron chi connectivity index (χ1n) is 14.7. The molecule has 10 aromatic rings. The normalized spacial score (nSPS) is 12.1. The van der Waals surface area contributed by atoms with E-state index in [-0.39, 0.29) is 0 Å². The summed E-state index contributed by atoms with van der Waals surface area (Å²) < 4.78 is 4.74. The number of thiophene rings is 1. The summed E-state index contributed by atoms with van der Waals surface area (Å²) in [5, 5.41) is 9.51. The first kappa shape index (κ1) is 23.9. The molecule has 0 bridgehead atoms. The highest BCUT2D eigenvalue weighted by molar-refractivity contribution is 7.27. The lowest BCUT2D eigenvalue weighted by Gasteiger charge is -2.13. The Hall–Kier alpha value is -5.65.